The zero-order valence-corrected chi connectivity index (χ0v) is 9.17. The molecule has 0 aliphatic carbocycles. The average Bonchev–Trinajstić information content (AvgIpc) is 2.74. The van der Waals surface area contributed by atoms with E-state index in [4.69, 9.17) is 4.74 Å². The highest BCUT2D eigenvalue weighted by Gasteiger charge is 2.06. The van der Waals surface area contributed by atoms with Gasteiger partial charge in [-0.2, -0.15) is 0 Å². The summed E-state index contributed by atoms with van der Waals surface area (Å²) in [5, 5.41) is 12.9. The van der Waals surface area contributed by atoms with Crippen molar-refractivity contribution < 1.29 is 18.8 Å². The second kappa shape index (κ2) is 4.73. The third kappa shape index (κ3) is 2.66. The topological polar surface area (TPSA) is 85.7 Å². The molecule has 2 aromatic rings. The maximum Gasteiger partial charge on any atom is 0.542 e. The van der Waals surface area contributed by atoms with Crippen molar-refractivity contribution >= 4 is 0 Å². The number of phenols is 1. The van der Waals surface area contributed by atoms with Crippen molar-refractivity contribution in [1.82, 2.24) is 5.16 Å². The number of rotatable bonds is 4. The van der Waals surface area contributed by atoms with Crippen LogP contribution in [0, 0.1) is 0 Å². The fourth-order valence-corrected chi connectivity index (χ4v) is 1.45. The summed E-state index contributed by atoms with van der Waals surface area (Å²) in [5.41, 5.74) is 0.935. The minimum Gasteiger partial charge on any atom is -0.504 e. The summed E-state index contributed by atoms with van der Waals surface area (Å²) >= 11 is 0. The van der Waals surface area contributed by atoms with Gasteiger partial charge in [-0.25, -0.2) is 4.79 Å². The molecule has 1 aromatic carbocycles. The maximum absolute atomic E-state index is 10.6. The highest BCUT2D eigenvalue weighted by atomic mass is 16.6. The quantitative estimate of drug-likeness (QED) is 0.857. The van der Waals surface area contributed by atoms with Crippen LogP contribution in [0.2, 0.25) is 0 Å². The largest absolute Gasteiger partial charge is 0.542 e. The van der Waals surface area contributed by atoms with Gasteiger partial charge in [0.05, 0.1) is 7.11 Å². The minimum absolute atomic E-state index is 0.0872. The number of hydrogen-bond acceptors (Lipinski definition) is 6. The van der Waals surface area contributed by atoms with Crippen LogP contribution in [-0.4, -0.2) is 17.4 Å². The predicted molar refractivity (Wildman–Crippen MR) is 57.1 cm³/mol. The van der Waals surface area contributed by atoms with E-state index in [9.17, 15) is 9.90 Å². The third-order valence-electron chi connectivity index (χ3n) is 2.29. The highest BCUT2D eigenvalue weighted by molar-refractivity contribution is 5.41. The van der Waals surface area contributed by atoms with Crippen molar-refractivity contribution in [2.75, 3.05) is 7.11 Å². The number of aryl methyl sites for hydroxylation is 2. The van der Waals surface area contributed by atoms with Gasteiger partial charge in [-0.3, -0.25) is 4.52 Å². The first kappa shape index (κ1) is 11.3. The van der Waals surface area contributed by atoms with Crippen molar-refractivity contribution in [2.45, 2.75) is 12.8 Å². The lowest BCUT2D eigenvalue weighted by Gasteiger charge is -2.05. The Morgan fingerprint density at radius 3 is 2.88 bits per heavy atom. The molecule has 0 saturated heterocycles. The fourth-order valence-electron chi connectivity index (χ4n) is 1.45. The standard InChI is InChI=1S/C11H11NO5/c1-15-9-6-7(2-4-8(9)13)3-5-10-12-17-11(14)16-10/h2,4,6,13H,3,5H2,1H3. The monoisotopic (exact) mass is 237 g/mol. The first-order valence-corrected chi connectivity index (χ1v) is 5.00. The summed E-state index contributed by atoms with van der Waals surface area (Å²) in [6.45, 7) is 0. The molecule has 1 aromatic heterocycles. The number of methoxy groups -OCH3 is 1. The molecule has 0 atom stereocenters. The number of ether oxygens (including phenoxy) is 1. The first-order valence-electron chi connectivity index (χ1n) is 5.00. The van der Waals surface area contributed by atoms with E-state index in [0.29, 0.717) is 18.6 Å². The van der Waals surface area contributed by atoms with E-state index in [1.807, 2.05) is 0 Å². The molecular weight excluding hydrogens is 226 g/mol. The molecule has 0 radical (unpaired) electrons. The van der Waals surface area contributed by atoms with Gasteiger partial charge in [0.2, 0.25) is 5.89 Å². The molecule has 0 aliphatic rings. The maximum atomic E-state index is 10.6. The van der Waals surface area contributed by atoms with Crippen molar-refractivity contribution in [1.29, 1.82) is 0 Å². The van der Waals surface area contributed by atoms with E-state index in [1.54, 1.807) is 18.2 Å². The Morgan fingerprint density at radius 1 is 1.41 bits per heavy atom. The Balaban J connectivity index is 2.06. The van der Waals surface area contributed by atoms with Gasteiger partial charge in [0.25, 0.3) is 0 Å². The Bertz CT molecular complexity index is 557. The summed E-state index contributed by atoms with van der Waals surface area (Å²) in [4.78, 5) is 10.6. The fraction of sp³-hybridized carbons (Fsp3) is 0.273. The third-order valence-corrected chi connectivity index (χ3v) is 2.29. The molecule has 0 unspecified atom stereocenters. The second-order valence-corrected chi connectivity index (χ2v) is 3.43. The van der Waals surface area contributed by atoms with Crippen LogP contribution in [0.4, 0.5) is 0 Å². The highest BCUT2D eigenvalue weighted by Crippen LogP contribution is 2.26. The van der Waals surface area contributed by atoms with Crippen LogP contribution in [0.15, 0.2) is 31.9 Å². The lowest BCUT2D eigenvalue weighted by molar-refractivity contribution is 0.334. The van der Waals surface area contributed by atoms with Gasteiger partial charge in [0, 0.05) is 6.42 Å². The van der Waals surface area contributed by atoms with Crippen LogP contribution in [0.25, 0.3) is 0 Å². The van der Waals surface area contributed by atoms with Crippen LogP contribution < -0.4 is 10.6 Å². The Kier molecular flexibility index (Phi) is 3.13. The van der Waals surface area contributed by atoms with Gasteiger partial charge < -0.3 is 14.3 Å². The van der Waals surface area contributed by atoms with E-state index >= 15 is 0 Å². The van der Waals surface area contributed by atoms with Crippen molar-refractivity contribution in [2.24, 2.45) is 0 Å². The van der Waals surface area contributed by atoms with E-state index in [0.717, 1.165) is 5.56 Å². The smallest absolute Gasteiger partial charge is 0.504 e. The zero-order valence-electron chi connectivity index (χ0n) is 9.17. The van der Waals surface area contributed by atoms with Gasteiger partial charge in [-0.15, -0.1) is 0 Å². The minimum atomic E-state index is -0.803. The summed E-state index contributed by atoms with van der Waals surface area (Å²) in [7, 11) is 1.48. The van der Waals surface area contributed by atoms with Crippen molar-refractivity contribution in [3.05, 3.63) is 40.3 Å². The molecular formula is C11H11NO5. The van der Waals surface area contributed by atoms with E-state index in [2.05, 4.69) is 14.1 Å². The average molecular weight is 237 g/mol. The van der Waals surface area contributed by atoms with Crippen LogP contribution in [0.5, 0.6) is 11.5 Å². The SMILES string of the molecule is COc1cc(CCc2noc(=O)o2)ccc1O. The van der Waals surface area contributed by atoms with E-state index in [1.165, 1.54) is 7.11 Å². The molecule has 17 heavy (non-hydrogen) atoms. The molecule has 1 heterocycles. The molecule has 0 spiro atoms. The van der Waals surface area contributed by atoms with Crippen molar-refractivity contribution in [3.8, 4) is 11.5 Å². The summed E-state index contributed by atoms with van der Waals surface area (Å²) in [5.74, 6) is -0.0568. The van der Waals surface area contributed by atoms with Crippen molar-refractivity contribution in [3.63, 3.8) is 0 Å². The summed E-state index contributed by atoms with van der Waals surface area (Å²) in [6, 6.07) is 5.02. The van der Waals surface area contributed by atoms with Crippen LogP contribution >= 0.6 is 0 Å². The molecule has 0 amide bonds. The number of aromatic nitrogens is 1. The lowest BCUT2D eigenvalue weighted by atomic mass is 10.1. The van der Waals surface area contributed by atoms with Gasteiger partial charge in [0.15, 0.2) is 11.5 Å². The number of benzene rings is 1. The van der Waals surface area contributed by atoms with Gasteiger partial charge in [-0.05, 0) is 29.3 Å². The molecule has 6 nitrogen and oxygen atoms in total. The van der Waals surface area contributed by atoms with Gasteiger partial charge in [-0.1, -0.05) is 6.07 Å². The second-order valence-electron chi connectivity index (χ2n) is 3.43. The van der Waals surface area contributed by atoms with Crippen LogP contribution in [0.1, 0.15) is 11.5 Å². The lowest BCUT2D eigenvalue weighted by Crippen LogP contribution is -1.93. The molecule has 0 bridgehead atoms. The Morgan fingerprint density at radius 2 is 2.24 bits per heavy atom. The van der Waals surface area contributed by atoms with E-state index < -0.39 is 5.82 Å². The van der Waals surface area contributed by atoms with Gasteiger partial charge in [0.1, 0.15) is 0 Å². The van der Waals surface area contributed by atoms with Crippen LogP contribution in [0.3, 0.4) is 0 Å². The number of nitrogens with zero attached hydrogens (tertiary/aromatic N) is 1. The summed E-state index contributed by atoms with van der Waals surface area (Å²) in [6.07, 6.45) is 1.05. The number of aromatic hydroxyl groups is 1. The summed E-state index contributed by atoms with van der Waals surface area (Å²) < 4.78 is 13.9. The number of hydrogen-bond donors (Lipinski definition) is 1. The Hall–Kier alpha value is -2.24. The number of phenolic OH excluding ortho intramolecular Hbond substituents is 1. The molecule has 2 rings (SSSR count). The molecule has 0 aliphatic heterocycles. The molecule has 6 heteroatoms. The predicted octanol–water partition coefficient (Wildman–Crippen LogP) is 1.13. The molecule has 0 fully saturated rings. The zero-order chi connectivity index (χ0) is 12.3. The molecule has 90 valence electrons. The molecule has 1 N–H and O–H groups in total. The normalized spacial score (nSPS) is 10.4. The van der Waals surface area contributed by atoms with Crippen LogP contribution in [-0.2, 0) is 12.8 Å². The van der Waals surface area contributed by atoms with E-state index in [-0.39, 0.29) is 11.6 Å². The molecule has 0 saturated carbocycles. The Labute approximate surface area is 96.4 Å². The van der Waals surface area contributed by atoms with Gasteiger partial charge >= 0.3 is 5.82 Å². The first-order chi connectivity index (χ1) is 8.19.